The van der Waals surface area contributed by atoms with Gasteiger partial charge < -0.3 is 20.0 Å². The highest BCUT2D eigenvalue weighted by atomic mass is 19.4. The highest BCUT2D eigenvalue weighted by molar-refractivity contribution is 5.80. The van der Waals surface area contributed by atoms with Crippen LogP contribution in [0.25, 0.3) is 0 Å². The number of halogens is 3. The molecule has 0 saturated carbocycles. The highest BCUT2D eigenvalue weighted by Crippen LogP contribution is 2.42. The van der Waals surface area contributed by atoms with Crippen molar-refractivity contribution < 1.29 is 37.8 Å². The van der Waals surface area contributed by atoms with E-state index in [4.69, 9.17) is 9.90 Å². The molecule has 0 bridgehead atoms. The number of likely N-dealkylation sites (tertiary alicyclic amines) is 2. The predicted octanol–water partition coefficient (Wildman–Crippen LogP) is 2.12. The quantitative estimate of drug-likeness (QED) is 0.762. The first kappa shape index (κ1) is 23.7. The maximum atomic E-state index is 12.6. The van der Waals surface area contributed by atoms with Crippen molar-refractivity contribution in [1.29, 1.82) is 0 Å². The van der Waals surface area contributed by atoms with E-state index in [1.165, 1.54) is 0 Å². The van der Waals surface area contributed by atoms with Gasteiger partial charge in [-0.05, 0) is 25.5 Å². The van der Waals surface area contributed by atoms with E-state index >= 15 is 0 Å². The van der Waals surface area contributed by atoms with Crippen LogP contribution in [0.2, 0.25) is 0 Å². The molecular formula is C20H25F3N2O5. The minimum Gasteiger partial charge on any atom is -0.481 e. The lowest BCUT2D eigenvalue weighted by atomic mass is 9.75. The van der Waals surface area contributed by atoms with Crippen LogP contribution in [0.15, 0.2) is 30.3 Å². The van der Waals surface area contributed by atoms with Crippen LogP contribution in [0.3, 0.4) is 0 Å². The number of rotatable bonds is 3. The van der Waals surface area contributed by atoms with Crippen LogP contribution in [0, 0.1) is 11.3 Å². The Balaban J connectivity index is 0.000000396. The maximum Gasteiger partial charge on any atom is 0.490 e. The number of carbonyl (C=O) groups excluding carboxylic acids is 1. The first-order valence-electron chi connectivity index (χ1n) is 9.49. The molecule has 0 aromatic heterocycles. The first-order valence-corrected chi connectivity index (χ1v) is 9.49. The molecule has 0 aliphatic carbocycles. The molecule has 10 heteroatoms. The Morgan fingerprint density at radius 1 is 1.13 bits per heavy atom. The summed E-state index contributed by atoms with van der Waals surface area (Å²) in [5.41, 5.74) is 0.325. The summed E-state index contributed by atoms with van der Waals surface area (Å²) in [6.07, 6.45) is -3.27. The Morgan fingerprint density at radius 2 is 1.73 bits per heavy atom. The van der Waals surface area contributed by atoms with Crippen molar-refractivity contribution in [3.8, 4) is 0 Å². The summed E-state index contributed by atoms with van der Waals surface area (Å²) < 4.78 is 31.7. The molecule has 166 valence electrons. The summed E-state index contributed by atoms with van der Waals surface area (Å²) in [6, 6.07) is 9.73. The molecule has 0 spiro atoms. The number of carbonyl (C=O) groups is 3. The van der Waals surface area contributed by atoms with Crippen LogP contribution in [0.4, 0.5) is 13.2 Å². The number of alkyl halides is 3. The molecule has 2 aliphatic heterocycles. The Hall–Kier alpha value is -2.62. The molecule has 2 fully saturated rings. The third-order valence-corrected chi connectivity index (χ3v) is 5.58. The van der Waals surface area contributed by atoms with Crippen molar-refractivity contribution in [2.75, 3.05) is 33.2 Å². The SMILES string of the molecule is CN1C[C@@H]2CN(C(=O)Cc3ccccc3)CCC[C@]2(C(=O)O)C1.O=C(O)C(F)(F)F. The number of fused-ring (bicyclic) bond motifs is 1. The summed E-state index contributed by atoms with van der Waals surface area (Å²) in [5, 5.41) is 16.9. The molecule has 7 nitrogen and oxygen atoms in total. The number of hydrogen-bond donors (Lipinski definition) is 2. The summed E-state index contributed by atoms with van der Waals surface area (Å²) >= 11 is 0. The fourth-order valence-electron chi connectivity index (χ4n) is 4.14. The fraction of sp³-hybridized carbons (Fsp3) is 0.550. The lowest BCUT2D eigenvalue weighted by Gasteiger charge is -2.29. The number of hydrogen-bond acceptors (Lipinski definition) is 4. The largest absolute Gasteiger partial charge is 0.490 e. The molecule has 30 heavy (non-hydrogen) atoms. The molecule has 0 radical (unpaired) electrons. The zero-order valence-corrected chi connectivity index (χ0v) is 16.6. The average molecular weight is 430 g/mol. The van der Waals surface area contributed by atoms with Crippen molar-refractivity contribution in [3.63, 3.8) is 0 Å². The molecule has 1 amide bonds. The molecule has 2 N–H and O–H groups in total. The summed E-state index contributed by atoms with van der Waals surface area (Å²) in [7, 11) is 1.97. The van der Waals surface area contributed by atoms with Gasteiger partial charge in [0, 0.05) is 32.1 Å². The number of carboxylic acids is 2. The Labute approximate surface area is 172 Å². The number of nitrogens with zero attached hydrogens (tertiary/aromatic N) is 2. The van der Waals surface area contributed by atoms with E-state index in [9.17, 15) is 27.9 Å². The minimum atomic E-state index is -5.08. The molecule has 0 unspecified atom stereocenters. The van der Waals surface area contributed by atoms with Crippen molar-refractivity contribution in [3.05, 3.63) is 35.9 Å². The van der Waals surface area contributed by atoms with E-state index in [-0.39, 0.29) is 11.8 Å². The molecular weight excluding hydrogens is 405 g/mol. The monoisotopic (exact) mass is 430 g/mol. The van der Waals surface area contributed by atoms with Crippen LogP contribution < -0.4 is 0 Å². The molecule has 2 aliphatic rings. The zero-order chi connectivity index (χ0) is 22.5. The van der Waals surface area contributed by atoms with Gasteiger partial charge in [0.15, 0.2) is 0 Å². The van der Waals surface area contributed by atoms with Crippen LogP contribution >= 0.6 is 0 Å². The van der Waals surface area contributed by atoms with Gasteiger partial charge in [0.1, 0.15) is 0 Å². The predicted molar refractivity (Wildman–Crippen MR) is 101 cm³/mol. The Morgan fingerprint density at radius 3 is 2.27 bits per heavy atom. The Kier molecular flexibility index (Phi) is 7.46. The third kappa shape index (κ3) is 5.71. The van der Waals surface area contributed by atoms with Gasteiger partial charge in [0.05, 0.1) is 11.8 Å². The molecule has 2 heterocycles. The van der Waals surface area contributed by atoms with Crippen molar-refractivity contribution in [2.24, 2.45) is 11.3 Å². The van der Waals surface area contributed by atoms with Crippen LogP contribution in [-0.2, 0) is 20.8 Å². The number of amides is 1. The summed E-state index contributed by atoms with van der Waals surface area (Å²) in [5.74, 6) is -3.34. The second-order valence-electron chi connectivity index (χ2n) is 7.76. The van der Waals surface area contributed by atoms with Crippen LogP contribution in [0.1, 0.15) is 18.4 Å². The standard InChI is InChI=1S/C18H24N2O3.C2HF3O2/c1-19-11-15-12-20(9-5-8-18(15,13-19)17(22)23)16(21)10-14-6-3-2-4-7-14;3-2(4,5)1(6)7/h2-4,6-7,15H,5,8-13H2,1H3,(H,22,23);(H,6,7)/t15-,18+;/m1./s1. The van der Waals surface area contributed by atoms with E-state index in [1.54, 1.807) is 0 Å². The smallest absolute Gasteiger partial charge is 0.481 e. The molecule has 2 saturated heterocycles. The normalized spacial score (nSPS) is 24.3. The second-order valence-corrected chi connectivity index (χ2v) is 7.76. The third-order valence-electron chi connectivity index (χ3n) is 5.58. The molecule has 3 rings (SSSR count). The first-order chi connectivity index (χ1) is 14.0. The number of carboxylic acid groups (broad SMARTS) is 2. The van der Waals surface area contributed by atoms with E-state index in [2.05, 4.69) is 4.90 Å². The van der Waals surface area contributed by atoms with Crippen molar-refractivity contribution in [2.45, 2.75) is 25.4 Å². The number of benzene rings is 1. The van der Waals surface area contributed by atoms with Gasteiger partial charge in [-0.2, -0.15) is 13.2 Å². The lowest BCUT2D eigenvalue weighted by Crippen LogP contribution is -2.43. The van der Waals surface area contributed by atoms with Crippen LogP contribution in [0.5, 0.6) is 0 Å². The highest BCUT2D eigenvalue weighted by Gasteiger charge is 2.52. The van der Waals surface area contributed by atoms with Gasteiger partial charge in [-0.1, -0.05) is 30.3 Å². The average Bonchev–Trinajstić information content (AvgIpc) is 2.86. The number of aliphatic carboxylic acids is 2. The van der Waals surface area contributed by atoms with E-state index < -0.39 is 23.5 Å². The molecule has 2 atom stereocenters. The maximum absolute atomic E-state index is 12.6. The van der Waals surface area contributed by atoms with Gasteiger partial charge in [-0.15, -0.1) is 0 Å². The molecule has 1 aromatic rings. The van der Waals surface area contributed by atoms with Crippen molar-refractivity contribution in [1.82, 2.24) is 9.80 Å². The van der Waals surface area contributed by atoms with Gasteiger partial charge in [-0.3, -0.25) is 9.59 Å². The van der Waals surface area contributed by atoms with Crippen molar-refractivity contribution >= 4 is 17.8 Å². The zero-order valence-electron chi connectivity index (χ0n) is 16.6. The van der Waals surface area contributed by atoms with Gasteiger partial charge >= 0.3 is 18.1 Å². The van der Waals surface area contributed by atoms with Gasteiger partial charge in [0.2, 0.25) is 5.91 Å². The van der Waals surface area contributed by atoms with E-state index in [0.29, 0.717) is 32.5 Å². The Bertz CT molecular complexity index is 771. The van der Waals surface area contributed by atoms with E-state index in [0.717, 1.165) is 18.5 Å². The summed E-state index contributed by atoms with van der Waals surface area (Å²) in [4.78, 5) is 37.4. The summed E-state index contributed by atoms with van der Waals surface area (Å²) in [6.45, 7) is 2.57. The topological polar surface area (TPSA) is 98.2 Å². The molecule has 1 aromatic carbocycles. The fourth-order valence-corrected chi connectivity index (χ4v) is 4.14. The van der Waals surface area contributed by atoms with Gasteiger partial charge in [0.25, 0.3) is 0 Å². The van der Waals surface area contributed by atoms with Crippen LogP contribution in [-0.4, -0.2) is 77.3 Å². The second kappa shape index (κ2) is 9.46. The van der Waals surface area contributed by atoms with Gasteiger partial charge in [-0.25, -0.2) is 4.79 Å². The van der Waals surface area contributed by atoms with E-state index in [1.807, 2.05) is 42.3 Å². The minimum absolute atomic E-state index is 0.0206. The lowest BCUT2D eigenvalue weighted by molar-refractivity contribution is -0.192.